The van der Waals surface area contributed by atoms with Gasteiger partial charge in [0.05, 0.1) is 42.7 Å². The lowest BCUT2D eigenvalue weighted by Crippen LogP contribution is -2.31. The van der Waals surface area contributed by atoms with Crippen LogP contribution in [0.1, 0.15) is 33.3 Å². The number of carboxylic acid groups (broad SMARTS) is 1. The van der Waals surface area contributed by atoms with Crippen molar-refractivity contribution in [3.63, 3.8) is 0 Å². The van der Waals surface area contributed by atoms with Crippen molar-refractivity contribution in [2.75, 3.05) is 31.5 Å². The van der Waals surface area contributed by atoms with Gasteiger partial charge in [0.2, 0.25) is 0 Å². The highest BCUT2D eigenvalue weighted by Crippen LogP contribution is 2.51. The predicted octanol–water partition coefficient (Wildman–Crippen LogP) is 5.09. The van der Waals surface area contributed by atoms with Crippen molar-refractivity contribution in [1.29, 1.82) is 0 Å². The van der Waals surface area contributed by atoms with Gasteiger partial charge in [-0.25, -0.2) is 4.79 Å². The fourth-order valence-corrected chi connectivity index (χ4v) is 6.40. The number of benzene rings is 2. The molecule has 10 nitrogen and oxygen atoms in total. The van der Waals surface area contributed by atoms with E-state index in [1.807, 2.05) is 6.07 Å². The molecule has 1 amide bonds. The topological polar surface area (TPSA) is 121 Å². The molecule has 2 aromatic rings. The molecule has 12 heteroatoms. The lowest BCUT2D eigenvalue weighted by molar-refractivity contribution is 0.0851. The number of nitrogens with zero attached hydrogens (tertiary/aromatic N) is 1. The van der Waals surface area contributed by atoms with Gasteiger partial charge in [0, 0.05) is 0 Å². The molecule has 0 bridgehead atoms. The number of amides is 1. The molecule has 0 atom stereocenters. The number of carbonyl (C=O) groups is 1. The predicted molar refractivity (Wildman–Crippen MR) is 129 cm³/mol. The van der Waals surface area contributed by atoms with Gasteiger partial charge in [-0.3, -0.25) is 14.0 Å². The molecule has 0 aliphatic rings. The molecule has 1 N–H and O–H groups in total. The molecule has 34 heavy (non-hydrogen) atoms. The second-order valence-corrected chi connectivity index (χ2v) is 10.8. The molecule has 0 unspecified atom stereocenters. The molecule has 188 valence electrons. The van der Waals surface area contributed by atoms with Crippen molar-refractivity contribution < 1.29 is 42.0 Å². The van der Waals surface area contributed by atoms with Crippen molar-refractivity contribution in [3.05, 3.63) is 54.1 Å². The zero-order valence-corrected chi connectivity index (χ0v) is 21.5. The summed E-state index contributed by atoms with van der Waals surface area (Å²) >= 11 is 0. The quantitative estimate of drug-likeness (QED) is 0.271. The maximum Gasteiger partial charge on any atom is 0.436 e. The highest BCUT2D eigenvalue weighted by atomic mass is 31.2. The van der Waals surface area contributed by atoms with E-state index in [9.17, 15) is 19.0 Å². The average molecular weight is 515 g/mol. The summed E-state index contributed by atoms with van der Waals surface area (Å²) in [6.07, 6.45) is -1.44. The number of hydrogen-bond acceptors (Lipinski definition) is 8. The van der Waals surface area contributed by atoms with Crippen LogP contribution in [0, 0.1) is 0 Å². The normalized spacial score (nSPS) is 12.0. The van der Waals surface area contributed by atoms with Gasteiger partial charge in [-0.05, 0) is 51.5 Å². The minimum Gasteiger partial charge on any atom is -0.463 e. The summed E-state index contributed by atoms with van der Waals surface area (Å²) in [7, 11) is -7.77. The maximum absolute atomic E-state index is 13.5. The van der Waals surface area contributed by atoms with Crippen LogP contribution in [0.4, 0.5) is 10.5 Å². The van der Waals surface area contributed by atoms with E-state index >= 15 is 0 Å². The van der Waals surface area contributed by atoms with Crippen molar-refractivity contribution >= 4 is 37.6 Å². The Balaban J connectivity index is 2.64. The molecule has 0 fully saturated rings. The summed E-state index contributed by atoms with van der Waals surface area (Å²) in [6.45, 7) is 6.80. The summed E-state index contributed by atoms with van der Waals surface area (Å²) in [5.41, 5.74) is 0.670. The smallest absolute Gasteiger partial charge is 0.436 e. The first-order valence-electron chi connectivity index (χ1n) is 10.9. The second-order valence-electron chi connectivity index (χ2n) is 6.71. The van der Waals surface area contributed by atoms with Crippen molar-refractivity contribution in [3.8, 4) is 0 Å². The first-order chi connectivity index (χ1) is 16.2. The fourth-order valence-electron chi connectivity index (χ4n) is 3.02. The van der Waals surface area contributed by atoms with E-state index in [1.165, 1.54) is 18.2 Å². The summed E-state index contributed by atoms with van der Waals surface area (Å²) in [6, 6.07) is 12.9. The minimum absolute atomic E-state index is 0.00195. The molecule has 0 radical (unpaired) electrons. The third-order valence-electron chi connectivity index (χ3n) is 4.33. The zero-order chi connectivity index (χ0) is 25.2. The minimum atomic E-state index is -3.89. The van der Waals surface area contributed by atoms with Crippen LogP contribution in [0.2, 0.25) is 0 Å². The van der Waals surface area contributed by atoms with Crippen LogP contribution in [0.25, 0.3) is 0 Å². The highest BCUT2D eigenvalue weighted by molar-refractivity contribution is 7.63. The largest absolute Gasteiger partial charge is 0.463 e. The van der Waals surface area contributed by atoms with Crippen LogP contribution in [-0.4, -0.2) is 37.6 Å². The standard InChI is InChI=1S/C22H31NO9P2/c1-5-29-33(26,30-6-2)20-14-19(15-21(16-20)34(27,31-7-3)32-8-4)23(22(24)25)28-17-18-12-10-9-11-13-18/h9-16H,5-8,17H2,1-4H3,(H,24,25). The number of hydroxylamine groups is 1. The molecular weight excluding hydrogens is 484 g/mol. The Morgan fingerprint density at radius 3 is 1.62 bits per heavy atom. The molecule has 0 saturated carbocycles. The van der Waals surface area contributed by atoms with Gasteiger partial charge in [-0.15, -0.1) is 0 Å². The summed E-state index contributed by atoms with van der Waals surface area (Å²) in [5.74, 6) is 0. The van der Waals surface area contributed by atoms with Crippen molar-refractivity contribution in [1.82, 2.24) is 0 Å². The first-order valence-corrected chi connectivity index (χ1v) is 14.0. The van der Waals surface area contributed by atoms with E-state index in [0.29, 0.717) is 5.06 Å². The summed E-state index contributed by atoms with van der Waals surface area (Å²) in [4.78, 5) is 17.6. The number of anilines is 1. The third kappa shape index (κ3) is 7.23. The van der Waals surface area contributed by atoms with E-state index in [1.54, 1.807) is 52.0 Å². The molecule has 0 aromatic heterocycles. The maximum atomic E-state index is 13.5. The number of hydrogen-bond donors (Lipinski definition) is 1. The Bertz CT molecular complexity index is 964. The molecule has 0 aliphatic heterocycles. The fraction of sp³-hybridized carbons (Fsp3) is 0.409. The average Bonchev–Trinajstić information content (AvgIpc) is 2.80. The molecular formula is C22H31NO9P2. The summed E-state index contributed by atoms with van der Waals surface area (Å²) in [5, 5.41) is 10.4. The van der Waals surface area contributed by atoms with Gasteiger partial charge >= 0.3 is 21.3 Å². The Morgan fingerprint density at radius 1 is 0.794 bits per heavy atom. The van der Waals surface area contributed by atoms with E-state index < -0.39 is 21.3 Å². The van der Waals surface area contributed by atoms with E-state index in [4.69, 9.17) is 22.9 Å². The van der Waals surface area contributed by atoms with Crippen LogP contribution in [0.3, 0.4) is 0 Å². The molecule has 0 spiro atoms. The van der Waals surface area contributed by atoms with E-state index in [-0.39, 0.29) is 49.3 Å². The SMILES string of the molecule is CCOP(=O)(OCC)c1cc(N(OCc2ccccc2)C(=O)O)cc(P(=O)(OCC)OCC)c1. The lowest BCUT2D eigenvalue weighted by atomic mass is 10.2. The van der Waals surface area contributed by atoms with Crippen LogP contribution < -0.4 is 15.7 Å². The Labute approximate surface area is 199 Å². The Hall–Kier alpha value is -2.03. The molecule has 0 heterocycles. The molecule has 0 aliphatic carbocycles. The van der Waals surface area contributed by atoms with E-state index in [0.717, 1.165) is 5.56 Å². The van der Waals surface area contributed by atoms with Gasteiger partial charge in [0.1, 0.15) is 6.61 Å². The molecule has 2 aromatic carbocycles. The monoisotopic (exact) mass is 515 g/mol. The van der Waals surface area contributed by atoms with E-state index in [2.05, 4.69) is 0 Å². The van der Waals surface area contributed by atoms with Gasteiger partial charge in [0.15, 0.2) is 0 Å². The second kappa shape index (κ2) is 13.2. The van der Waals surface area contributed by atoms with Crippen LogP contribution in [-0.2, 0) is 38.7 Å². The van der Waals surface area contributed by atoms with Crippen molar-refractivity contribution in [2.24, 2.45) is 0 Å². The van der Waals surface area contributed by atoms with Gasteiger partial charge in [-0.2, -0.15) is 5.06 Å². The van der Waals surface area contributed by atoms with Crippen LogP contribution in [0.15, 0.2) is 48.5 Å². The molecule has 2 rings (SSSR count). The Morgan fingerprint density at radius 2 is 1.24 bits per heavy atom. The zero-order valence-electron chi connectivity index (χ0n) is 19.7. The lowest BCUT2D eigenvalue weighted by Gasteiger charge is -2.25. The van der Waals surface area contributed by atoms with Gasteiger partial charge in [0.25, 0.3) is 0 Å². The summed E-state index contributed by atoms with van der Waals surface area (Å²) < 4.78 is 48.7. The van der Waals surface area contributed by atoms with Gasteiger partial charge < -0.3 is 23.2 Å². The number of rotatable bonds is 14. The third-order valence-corrected chi connectivity index (χ3v) is 8.50. The van der Waals surface area contributed by atoms with Crippen LogP contribution >= 0.6 is 15.2 Å². The van der Waals surface area contributed by atoms with Crippen LogP contribution in [0.5, 0.6) is 0 Å². The Kier molecular flexibility index (Phi) is 10.9. The molecule has 0 saturated heterocycles. The van der Waals surface area contributed by atoms with Gasteiger partial charge in [-0.1, -0.05) is 30.3 Å². The van der Waals surface area contributed by atoms with Crippen molar-refractivity contribution in [2.45, 2.75) is 34.3 Å². The first kappa shape index (κ1) is 28.2. The highest BCUT2D eigenvalue weighted by Gasteiger charge is 2.34.